The lowest BCUT2D eigenvalue weighted by Crippen LogP contribution is -2.61. The molecule has 104 valence electrons. The zero-order valence-corrected chi connectivity index (χ0v) is 12.2. The number of Topliss-reactive ketones (excluding diaryl/α,β-unsaturated/α-hetero) is 1. The molecule has 1 aromatic rings. The van der Waals surface area contributed by atoms with Crippen LogP contribution in [0.25, 0.3) is 0 Å². The molecule has 1 aromatic carbocycles. The van der Waals surface area contributed by atoms with Crippen LogP contribution in [0, 0.1) is 0 Å². The van der Waals surface area contributed by atoms with Crippen LogP contribution in [0.4, 0.5) is 0 Å². The van der Waals surface area contributed by atoms with Crippen molar-refractivity contribution in [3.63, 3.8) is 0 Å². The summed E-state index contributed by atoms with van der Waals surface area (Å²) in [6, 6.07) is 10.4. The van der Waals surface area contributed by atoms with Gasteiger partial charge in [-0.25, -0.2) is 0 Å². The summed E-state index contributed by atoms with van der Waals surface area (Å²) in [5.41, 5.74) is 1.06. The van der Waals surface area contributed by atoms with Crippen LogP contribution in [0.3, 0.4) is 0 Å². The van der Waals surface area contributed by atoms with Crippen LogP contribution < -0.4 is 0 Å². The molecule has 0 bridgehead atoms. The lowest BCUT2D eigenvalue weighted by Gasteiger charge is -2.47. The van der Waals surface area contributed by atoms with E-state index in [0.29, 0.717) is 5.78 Å². The number of nitrogens with zero attached hydrogens (tertiary/aromatic N) is 1. The summed E-state index contributed by atoms with van der Waals surface area (Å²) in [7, 11) is 2.12. The van der Waals surface area contributed by atoms with E-state index in [1.165, 1.54) is 24.8 Å². The van der Waals surface area contributed by atoms with Gasteiger partial charge in [-0.15, -0.1) is 0 Å². The number of carbonyl (C=O) groups excluding carboxylic acids is 1. The van der Waals surface area contributed by atoms with Crippen LogP contribution in [0.15, 0.2) is 30.3 Å². The Morgan fingerprint density at radius 2 is 1.95 bits per heavy atom. The second-order valence-corrected chi connectivity index (χ2v) is 5.75. The van der Waals surface area contributed by atoms with Crippen molar-refractivity contribution in [2.75, 3.05) is 13.6 Å². The van der Waals surface area contributed by atoms with Gasteiger partial charge in [-0.05, 0) is 38.4 Å². The third-order valence-corrected chi connectivity index (χ3v) is 4.45. The summed E-state index contributed by atoms with van der Waals surface area (Å²) in [6.45, 7) is 3.25. The summed E-state index contributed by atoms with van der Waals surface area (Å²) in [5.74, 6) is 0.426. The Labute approximate surface area is 116 Å². The predicted molar refractivity (Wildman–Crippen MR) is 79.3 cm³/mol. The molecule has 0 spiro atoms. The van der Waals surface area contributed by atoms with E-state index < -0.39 is 0 Å². The van der Waals surface area contributed by atoms with Crippen LogP contribution in [0.5, 0.6) is 0 Å². The average Bonchev–Trinajstić information content (AvgIpc) is 2.44. The Balaban J connectivity index is 2.04. The number of hydrogen-bond acceptors (Lipinski definition) is 2. The number of hydrogen-bond donors (Lipinski definition) is 0. The molecule has 1 aliphatic carbocycles. The van der Waals surface area contributed by atoms with Gasteiger partial charge in [0.15, 0.2) is 5.78 Å². The van der Waals surface area contributed by atoms with Crippen molar-refractivity contribution >= 4 is 5.78 Å². The maximum absolute atomic E-state index is 12.2. The highest BCUT2D eigenvalue weighted by Gasteiger charge is 2.48. The molecule has 1 atom stereocenters. The fraction of sp³-hybridized carbons (Fsp3) is 0.588. The molecule has 0 saturated heterocycles. The largest absolute Gasteiger partial charge is 0.298 e. The van der Waals surface area contributed by atoms with E-state index in [0.717, 1.165) is 25.8 Å². The first-order valence-electron chi connectivity index (χ1n) is 7.47. The maximum atomic E-state index is 12.2. The van der Waals surface area contributed by atoms with Gasteiger partial charge in [-0.1, -0.05) is 50.1 Å². The predicted octanol–water partition coefficient (Wildman–Crippen LogP) is 3.45. The van der Waals surface area contributed by atoms with Crippen molar-refractivity contribution < 1.29 is 4.79 Å². The summed E-state index contributed by atoms with van der Waals surface area (Å²) in [5, 5.41) is 0. The van der Waals surface area contributed by atoms with Gasteiger partial charge in [-0.3, -0.25) is 9.69 Å². The molecule has 19 heavy (non-hydrogen) atoms. The third kappa shape index (κ3) is 3.06. The van der Waals surface area contributed by atoms with Gasteiger partial charge in [0.1, 0.15) is 0 Å². The van der Waals surface area contributed by atoms with Gasteiger partial charge < -0.3 is 0 Å². The standard InChI is InChI=1S/C17H25NO/c1-3-4-8-13-18(2)17(12-11-16(17)19)14-15-9-6-5-7-10-15/h5-7,9-10H,3-4,8,11-14H2,1-2H3. The highest BCUT2D eigenvalue weighted by molar-refractivity contribution is 5.94. The van der Waals surface area contributed by atoms with Crippen molar-refractivity contribution in [3.05, 3.63) is 35.9 Å². The molecule has 2 rings (SSSR count). The van der Waals surface area contributed by atoms with E-state index in [-0.39, 0.29) is 5.54 Å². The summed E-state index contributed by atoms with van der Waals surface area (Å²) < 4.78 is 0. The quantitative estimate of drug-likeness (QED) is 0.699. The molecule has 0 heterocycles. The molecule has 1 unspecified atom stereocenters. The van der Waals surface area contributed by atoms with Gasteiger partial charge >= 0.3 is 0 Å². The van der Waals surface area contributed by atoms with Gasteiger partial charge in [0, 0.05) is 6.42 Å². The van der Waals surface area contributed by atoms with Crippen LogP contribution in [0.2, 0.25) is 0 Å². The van der Waals surface area contributed by atoms with Crippen LogP contribution in [-0.2, 0) is 11.2 Å². The van der Waals surface area contributed by atoms with Crippen LogP contribution in [0.1, 0.15) is 44.6 Å². The monoisotopic (exact) mass is 259 g/mol. The van der Waals surface area contributed by atoms with Crippen LogP contribution >= 0.6 is 0 Å². The van der Waals surface area contributed by atoms with Gasteiger partial charge in [0.05, 0.1) is 5.54 Å². The molecule has 2 heteroatoms. The smallest absolute Gasteiger partial charge is 0.153 e. The Bertz CT molecular complexity index is 415. The molecule has 0 aromatic heterocycles. The minimum absolute atomic E-state index is 0.213. The first kappa shape index (κ1) is 14.3. The Hall–Kier alpha value is -1.15. The lowest BCUT2D eigenvalue weighted by atomic mass is 9.70. The zero-order valence-electron chi connectivity index (χ0n) is 12.2. The first-order chi connectivity index (χ1) is 9.19. The van der Waals surface area contributed by atoms with E-state index in [2.05, 4.69) is 43.1 Å². The number of rotatable bonds is 7. The molecule has 0 aliphatic heterocycles. The molecular formula is C17H25NO. The van der Waals surface area contributed by atoms with Crippen molar-refractivity contribution in [1.82, 2.24) is 4.90 Å². The molecule has 1 saturated carbocycles. The van der Waals surface area contributed by atoms with Crippen molar-refractivity contribution in [3.8, 4) is 0 Å². The van der Waals surface area contributed by atoms with E-state index in [4.69, 9.17) is 0 Å². The normalized spacial score (nSPS) is 22.6. The number of likely N-dealkylation sites (N-methyl/N-ethyl adjacent to an activating group) is 1. The second-order valence-electron chi connectivity index (χ2n) is 5.75. The molecule has 0 radical (unpaired) electrons. The summed E-state index contributed by atoms with van der Waals surface area (Å²) >= 11 is 0. The average molecular weight is 259 g/mol. The van der Waals surface area contributed by atoms with Crippen molar-refractivity contribution in [1.29, 1.82) is 0 Å². The maximum Gasteiger partial charge on any atom is 0.153 e. The molecular weight excluding hydrogens is 234 g/mol. The van der Waals surface area contributed by atoms with E-state index >= 15 is 0 Å². The highest BCUT2D eigenvalue weighted by atomic mass is 16.1. The Morgan fingerprint density at radius 1 is 1.21 bits per heavy atom. The minimum Gasteiger partial charge on any atom is -0.298 e. The summed E-state index contributed by atoms with van der Waals surface area (Å²) in [4.78, 5) is 14.5. The Kier molecular flexibility index (Phi) is 4.76. The topological polar surface area (TPSA) is 20.3 Å². The first-order valence-corrected chi connectivity index (χ1v) is 7.47. The van der Waals surface area contributed by atoms with Crippen LogP contribution in [-0.4, -0.2) is 29.8 Å². The fourth-order valence-electron chi connectivity index (χ4n) is 2.99. The lowest BCUT2D eigenvalue weighted by molar-refractivity contribution is -0.140. The summed E-state index contributed by atoms with van der Waals surface area (Å²) in [6.07, 6.45) is 6.31. The Morgan fingerprint density at radius 3 is 2.47 bits per heavy atom. The number of benzene rings is 1. The molecule has 2 nitrogen and oxygen atoms in total. The number of carbonyl (C=O) groups is 1. The number of ketones is 1. The SMILES string of the molecule is CCCCCN(C)C1(Cc2ccccc2)CCC1=O. The van der Waals surface area contributed by atoms with E-state index in [1.54, 1.807) is 0 Å². The fourth-order valence-corrected chi connectivity index (χ4v) is 2.99. The van der Waals surface area contributed by atoms with Gasteiger partial charge in [0.2, 0.25) is 0 Å². The molecule has 0 N–H and O–H groups in total. The van der Waals surface area contributed by atoms with Gasteiger partial charge in [-0.2, -0.15) is 0 Å². The highest BCUT2D eigenvalue weighted by Crippen LogP contribution is 2.36. The second kappa shape index (κ2) is 6.33. The number of unbranched alkanes of at least 4 members (excludes halogenated alkanes) is 2. The van der Waals surface area contributed by atoms with Crippen molar-refractivity contribution in [2.45, 2.75) is 51.0 Å². The third-order valence-electron chi connectivity index (χ3n) is 4.45. The van der Waals surface area contributed by atoms with E-state index in [1.807, 2.05) is 6.07 Å². The van der Waals surface area contributed by atoms with Gasteiger partial charge in [0.25, 0.3) is 0 Å². The minimum atomic E-state index is -0.213. The molecule has 1 fully saturated rings. The van der Waals surface area contributed by atoms with Crippen molar-refractivity contribution in [2.24, 2.45) is 0 Å². The molecule has 1 aliphatic rings. The zero-order chi connectivity index (χ0) is 13.7. The van der Waals surface area contributed by atoms with E-state index in [9.17, 15) is 4.79 Å². The molecule has 0 amide bonds.